The van der Waals surface area contributed by atoms with E-state index in [0.717, 1.165) is 35.0 Å². The van der Waals surface area contributed by atoms with Crippen LogP contribution < -0.4 is 10.4 Å². The number of hydrazine groups is 1. The van der Waals surface area contributed by atoms with Crippen molar-refractivity contribution in [2.24, 2.45) is 0 Å². The second-order valence-electron chi connectivity index (χ2n) is 6.64. The molecule has 5 nitrogen and oxygen atoms in total. The van der Waals surface area contributed by atoms with E-state index in [9.17, 15) is 9.90 Å². The number of rotatable bonds is 8. The molecule has 1 atom stereocenters. The Labute approximate surface area is 169 Å². The Morgan fingerprint density at radius 1 is 1.11 bits per heavy atom. The fourth-order valence-corrected chi connectivity index (χ4v) is 3.28. The molecule has 0 heterocycles. The quantitative estimate of drug-likeness (QED) is 0.482. The predicted molar refractivity (Wildman–Crippen MR) is 113 cm³/mol. The lowest BCUT2D eigenvalue weighted by molar-refractivity contribution is 0.0697. The Kier molecular flexibility index (Phi) is 6.52. The van der Waals surface area contributed by atoms with E-state index in [-0.39, 0.29) is 5.56 Å². The Balaban J connectivity index is 1.77. The van der Waals surface area contributed by atoms with Crippen LogP contribution in [0.1, 0.15) is 35.4 Å². The molecule has 28 heavy (non-hydrogen) atoms. The fourth-order valence-electron chi connectivity index (χ4n) is 3.09. The predicted octanol–water partition coefficient (Wildman–Crippen LogP) is 4.65. The highest BCUT2D eigenvalue weighted by atomic mass is 35.5. The third-order valence-corrected chi connectivity index (χ3v) is 4.77. The molecule has 0 unspecified atom stereocenters. The van der Waals surface area contributed by atoms with Crippen molar-refractivity contribution in [3.05, 3.63) is 76.8 Å². The summed E-state index contributed by atoms with van der Waals surface area (Å²) in [5, 5.41) is 24.0. The summed E-state index contributed by atoms with van der Waals surface area (Å²) in [6.07, 6.45) is 0.243. The van der Waals surface area contributed by atoms with E-state index in [4.69, 9.17) is 16.7 Å². The lowest BCUT2D eigenvalue weighted by Gasteiger charge is -2.27. The van der Waals surface area contributed by atoms with Crippen LogP contribution in [0, 0.1) is 0 Å². The smallest absolute Gasteiger partial charge is 0.335 e. The van der Waals surface area contributed by atoms with Crippen molar-refractivity contribution in [2.75, 3.05) is 18.1 Å². The average molecular weight is 399 g/mol. The number of aromatic carboxylic acids is 1. The van der Waals surface area contributed by atoms with E-state index in [0.29, 0.717) is 11.6 Å². The standard InChI is InChI=1S/C22H23ClN2O3/c1-2-10-25(24-14-21(26)17-4-3-5-19(23)12-17)20-9-8-15-11-18(22(27)28)7-6-16(15)13-20/h3-9,11-13,21,24,26H,2,10,14H2,1H3,(H,27,28)/t21-/m0/s1. The van der Waals surface area contributed by atoms with Gasteiger partial charge in [-0.05, 0) is 59.2 Å². The third-order valence-electron chi connectivity index (χ3n) is 4.54. The van der Waals surface area contributed by atoms with Gasteiger partial charge in [0.05, 0.1) is 17.4 Å². The van der Waals surface area contributed by atoms with E-state index < -0.39 is 12.1 Å². The third kappa shape index (κ3) is 4.81. The zero-order valence-corrected chi connectivity index (χ0v) is 16.4. The van der Waals surface area contributed by atoms with Crippen molar-refractivity contribution < 1.29 is 15.0 Å². The van der Waals surface area contributed by atoms with Crippen LogP contribution in [-0.4, -0.2) is 29.3 Å². The first-order valence-electron chi connectivity index (χ1n) is 9.19. The Morgan fingerprint density at radius 3 is 2.57 bits per heavy atom. The lowest BCUT2D eigenvalue weighted by atomic mass is 10.1. The summed E-state index contributed by atoms with van der Waals surface area (Å²) < 4.78 is 0. The van der Waals surface area contributed by atoms with Gasteiger partial charge in [-0.3, -0.25) is 0 Å². The molecule has 0 fully saturated rings. The van der Waals surface area contributed by atoms with E-state index >= 15 is 0 Å². The average Bonchev–Trinajstić information content (AvgIpc) is 2.70. The van der Waals surface area contributed by atoms with Crippen LogP contribution >= 0.6 is 11.6 Å². The van der Waals surface area contributed by atoms with Crippen LogP contribution in [0.25, 0.3) is 10.8 Å². The molecule has 0 amide bonds. The number of aliphatic hydroxyl groups excluding tert-OH is 1. The van der Waals surface area contributed by atoms with Crippen molar-refractivity contribution in [1.82, 2.24) is 5.43 Å². The normalized spacial score (nSPS) is 12.1. The summed E-state index contributed by atoms with van der Waals surface area (Å²) in [7, 11) is 0. The van der Waals surface area contributed by atoms with Gasteiger partial charge in [-0.2, -0.15) is 0 Å². The summed E-state index contributed by atoms with van der Waals surface area (Å²) >= 11 is 6.00. The molecular weight excluding hydrogens is 376 g/mol. The first kappa shape index (κ1) is 20.1. The minimum atomic E-state index is -0.935. The highest BCUT2D eigenvalue weighted by Crippen LogP contribution is 2.23. The van der Waals surface area contributed by atoms with E-state index in [2.05, 4.69) is 12.3 Å². The maximum Gasteiger partial charge on any atom is 0.335 e. The van der Waals surface area contributed by atoms with Crippen LogP contribution in [0.5, 0.6) is 0 Å². The van der Waals surface area contributed by atoms with Gasteiger partial charge in [0, 0.05) is 18.1 Å². The van der Waals surface area contributed by atoms with Crippen molar-refractivity contribution in [1.29, 1.82) is 0 Å². The number of carboxylic acids is 1. The van der Waals surface area contributed by atoms with Crippen molar-refractivity contribution >= 4 is 34.0 Å². The van der Waals surface area contributed by atoms with Gasteiger partial charge in [-0.1, -0.05) is 42.8 Å². The van der Waals surface area contributed by atoms with Crippen LogP contribution in [0.4, 0.5) is 5.69 Å². The van der Waals surface area contributed by atoms with Crippen LogP contribution in [0.3, 0.4) is 0 Å². The zero-order chi connectivity index (χ0) is 20.1. The monoisotopic (exact) mass is 398 g/mol. The van der Waals surface area contributed by atoms with Gasteiger partial charge in [0.15, 0.2) is 0 Å². The van der Waals surface area contributed by atoms with Gasteiger partial charge in [-0.15, -0.1) is 0 Å². The molecule has 146 valence electrons. The first-order valence-corrected chi connectivity index (χ1v) is 9.57. The number of fused-ring (bicyclic) bond motifs is 1. The van der Waals surface area contributed by atoms with Gasteiger partial charge in [0.1, 0.15) is 0 Å². The molecule has 3 N–H and O–H groups in total. The first-order chi connectivity index (χ1) is 13.5. The number of nitrogens with one attached hydrogen (secondary N) is 1. The number of carbonyl (C=O) groups is 1. The summed E-state index contributed by atoms with van der Waals surface area (Å²) in [6.45, 7) is 3.19. The molecule has 6 heteroatoms. The number of hydrogen-bond donors (Lipinski definition) is 3. The molecule has 3 aromatic carbocycles. The molecule has 3 aromatic rings. The Hall–Kier alpha value is -2.60. The maximum atomic E-state index is 11.1. The highest BCUT2D eigenvalue weighted by Gasteiger charge is 2.12. The number of anilines is 1. The van der Waals surface area contributed by atoms with E-state index in [1.54, 1.807) is 24.3 Å². The molecule has 0 bridgehead atoms. The van der Waals surface area contributed by atoms with Gasteiger partial charge in [-0.25, -0.2) is 10.2 Å². The second kappa shape index (κ2) is 9.06. The fraction of sp³-hybridized carbons (Fsp3) is 0.227. The number of benzene rings is 3. The minimum absolute atomic E-state index is 0.272. The topological polar surface area (TPSA) is 72.8 Å². The van der Waals surface area contributed by atoms with Crippen molar-refractivity contribution in [3.8, 4) is 0 Å². The molecular formula is C22H23ClN2O3. The van der Waals surface area contributed by atoms with Gasteiger partial charge >= 0.3 is 5.97 Å². The molecule has 0 spiro atoms. The molecule has 0 saturated heterocycles. The Morgan fingerprint density at radius 2 is 1.86 bits per heavy atom. The van der Waals surface area contributed by atoms with Gasteiger partial charge < -0.3 is 15.2 Å². The molecule has 0 aliphatic heterocycles. The summed E-state index contributed by atoms with van der Waals surface area (Å²) in [6, 6.07) is 18.2. The van der Waals surface area contributed by atoms with Crippen LogP contribution in [0.2, 0.25) is 5.02 Å². The highest BCUT2D eigenvalue weighted by molar-refractivity contribution is 6.30. The van der Waals surface area contributed by atoms with Gasteiger partial charge in [0.2, 0.25) is 0 Å². The van der Waals surface area contributed by atoms with E-state index in [1.165, 1.54) is 0 Å². The molecule has 0 saturated carbocycles. The summed E-state index contributed by atoms with van der Waals surface area (Å²) in [4.78, 5) is 11.1. The van der Waals surface area contributed by atoms with Crippen LogP contribution in [-0.2, 0) is 0 Å². The molecule has 0 radical (unpaired) electrons. The largest absolute Gasteiger partial charge is 0.478 e. The van der Waals surface area contributed by atoms with Crippen molar-refractivity contribution in [3.63, 3.8) is 0 Å². The molecule has 0 aliphatic rings. The van der Waals surface area contributed by atoms with E-state index in [1.807, 2.05) is 41.4 Å². The maximum absolute atomic E-state index is 11.1. The molecule has 0 aliphatic carbocycles. The van der Waals surface area contributed by atoms with Gasteiger partial charge in [0.25, 0.3) is 0 Å². The van der Waals surface area contributed by atoms with Crippen LogP contribution in [0.15, 0.2) is 60.7 Å². The number of nitrogens with zero attached hydrogens (tertiary/aromatic N) is 1. The molecule has 3 rings (SSSR count). The Bertz CT molecular complexity index is 977. The molecule has 0 aromatic heterocycles. The number of aliphatic hydroxyl groups is 1. The number of halogens is 1. The summed E-state index contributed by atoms with van der Waals surface area (Å²) in [5.74, 6) is -0.935. The van der Waals surface area contributed by atoms with Crippen molar-refractivity contribution in [2.45, 2.75) is 19.4 Å². The minimum Gasteiger partial charge on any atom is -0.478 e. The SMILES string of the molecule is CCCN(NC[C@H](O)c1cccc(Cl)c1)c1ccc2cc(C(=O)O)ccc2c1. The summed E-state index contributed by atoms with van der Waals surface area (Å²) in [5.41, 5.74) is 5.28. The number of hydrogen-bond acceptors (Lipinski definition) is 4. The lowest BCUT2D eigenvalue weighted by Crippen LogP contribution is -2.41. The number of carboxylic acid groups (broad SMARTS) is 1. The second-order valence-corrected chi connectivity index (χ2v) is 7.07. The zero-order valence-electron chi connectivity index (χ0n) is 15.6.